The van der Waals surface area contributed by atoms with E-state index in [-0.39, 0.29) is 6.54 Å². The van der Waals surface area contributed by atoms with Crippen molar-refractivity contribution < 1.29 is 5.11 Å². The van der Waals surface area contributed by atoms with Gasteiger partial charge in [0.15, 0.2) is 0 Å². The molecule has 0 saturated heterocycles. The fraction of sp³-hybridized carbons (Fsp3) is 0.333. The van der Waals surface area contributed by atoms with Crippen LogP contribution in [0, 0.1) is 0 Å². The van der Waals surface area contributed by atoms with Gasteiger partial charge in [-0.25, -0.2) is 9.97 Å². The molecule has 0 saturated carbocycles. The van der Waals surface area contributed by atoms with Crippen molar-refractivity contribution in [3.63, 3.8) is 0 Å². The van der Waals surface area contributed by atoms with Gasteiger partial charge in [-0.05, 0) is 6.07 Å². The van der Waals surface area contributed by atoms with Crippen LogP contribution in [0.3, 0.4) is 0 Å². The number of hydrogen-bond donors (Lipinski definition) is 2. The molecule has 0 spiro atoms. The van der Waals surface area contributed by atoms with Crippen molar-refractivity contribution in [1.82, 2.24) is 9.97 Å². The average Bonchev–Trinajstić information content (AvgIpc) is 2.05. The van der Waals surface area contributed by atoms with Gasteiger partial charge in [0, 0.05) is 12.7 Å². The van der Waals surface area contributed by atoms with Crippen molar-refractivity contribution in [2.75, 3.05) is 6.54 Å². The predicted octanol–water partition coefficient (Wildman–Crippen LogP) is -0.531. The van der Waals surface area contributed by atoms with E-state index >= 15 is 0 Å². The maximum Gasteiger partial charge on any atom is 0.115 e. The Hall–Kier alpha value is -1.00. The minimum atomic E-state index is -0.664. The zero-order valence-electron chi connectivity index (χ0n) is 5.44. The second-order valence-corrected chi connectivity index (χ2v) is 1.89. The normalized spacial score (nSPS) is 13.0. The minimum absolute atomic E-state index is 0.191. The van der Waals surface area contributed by atoms with Gasteiger partial charge < -0.3 is 10.8 Å². The lowest BCUT2D eigenvalue weighted by Gasteiger charge is -2.03. The summed E-state index contributed by atoms with van der Waals surface area (Å²) < 4.78 is 0. The third-order valence-corrected chi connectivity index (χ3v) is 1.17. The molecule has 4 heteroatoms. The van der Waals surface area contributed by atoms with E-state index in [1.165, 1.54) is 6.33 Å². The molecule has 0 amide bonds. The summed E-state index contributed by atoms with van der Waals surface area (Å²) in [5, 5.41) is 9.11. The molecule has 10 heavy (non-hydrogen) atoms. The third-order valence-electron chi connectivity index (χ3n) is 1.17. The summed E-state index contributed by atoms with van der Waals surface area (Å²) in [6.07, 6.45) is 2.29. The van der Waals surface area contributed by atoms with Gasteiger partial charge in [0.2, 0.25) is 0 Å². The summed E-state index contributed by atoms with van der Waals surface area (Å²) in [5.41, 5.74) is 5.76. The quantitative estimate of drug-likeness (QED) is 0.577. The first-order valence-corrected chi connectivity index (χ1v) is 2.98. The predicted molar refractivity (Wildman–Crippen MR) is 36.0 cm³/mol. The second kappa shape index (κ2) is 3.24. The molecule has 0 fully saturated rings. The molecular weight excluding hydrogens is 130 g/mol. The third kappa shape index (κ3) is 1.49. The molecule has 0 aliphatic carbocycles. The van der Waals surface area contributed by atoms with Gasteiger partial charge in [0.1, 0.15) is 12.4 Å². The molecular formula is C6H9N3O. The lowest BCUT2D eigenvalue weighted by Crippen LogP contribution is -2.12. The van der Waals surface area contributed by atoms with Gasteiger partial charge in [0.05, 0.1) is 5.69 Å². The number of rotatable bonds is 2. The lowest BCUT2D eigenvalue weighted by molar-refractivity contribution is 0.181. The first-order chi connectivity index (χ1) is 4.84. The van der Waals surface area contributed by atoms with E-state index in [0.717, 1.165) is 0 Å². The van der Waals surface area contributed by atoms with E-state index in [0.29, 0.717) is 5.69 Å². The van der Waals surface area contributed by atoms with Crippen LogP contribution in [0.2, 0.25) is 0 Å². The highest BCUT2D eigenvalue weighted by Gasteiger charge is 2.03. The van der Waals surface area contributed by atoms with Crippen LogP contribution < -0.4 is 5.73 Å². The van der Waals surface area contributed by atoms with Gasteiger partial charge in [-0.1, -0.05) is 0 Å². The molecule has 0 radical (unpaired) electrons. The van der Waals surface area contributed by atoms with Crippen LogP contribution in [-0.4, -0.2) is 21.6 Å². The molecule has 1 atom stereocenters. The van der Waals surface area contributed by atoms with Crippen LogP contribution in [0.1, 0.15) is 11.8 Å². The Labute approximate surface area is 58.7 Å². The lowest BCUT2D eigenvalue weighted by atomic mass is 10.2. The van der Waals surface area contributed by atoms with Crippen LogP contribution in [0.15, 0.2) is 18.6 Å². The monoisotopic (exact) mass is 139 g/mol. The van der Waals surface area contributed by atoms with Crippen LogP contribution >= 0.6 is 0 Å². The van der Waals surface area contributed by atoms with Crippen molar-refractivity contribution in [3.8, 4) is 0 Å². The average molecular weight is 139 g/mol. The number of aromatic nitrogens is 2. The highest BCUT2D eigenvalue weighted by Crippen LogP contribution is 2.04. The van der Waals surface area contributed by atoms with Crippen molar-refractivity contribution in [2.45, 2.75) is 6.10 Å². The summed E-state index contributed by atoms with van der Waals surface area (Å²) in [6, 6.07) is 1.64. The number of aliphatic hydroxyl groups excluding tert-OH is 1. The molecule has 1 aromatic heterocycles. The van der Waals surface area contributed by atoms with Crippen molar-refractivity contribution >= 4 is 0 Å². The van der Waals surface area contributed by atoms with Gasteiger partial charge in [-0.3, -0.25) is 0 Å². The highest BCUT2D eigenvalue weighted by atomic mass is 16.3. The Morgan fingerprint density at radius 2 is 2.50 bits per heavy atom. The van der Waals surface area contributed by atoms with Crippen molar-refractivity contribution in [2.24, 2.45) is 5.73 Å². The summed E-state index contributed by atoms with van der Waals surface area (Å²) in [6.45, 7) is 0.191. The maximum absolute atomic E-state index is 9.11. The molecule has 0 unspecified atom stereocenters. The van der Waals surface area contributed by atoms with Gasteiger partial charge in [-0.15, -0.1) is 0 Å². The Bertz CT molecular complexity index is 189. The molecule has 0 bridgehead atoms. The summed E-state index contributed by atoms with van der Waals surface area (Å²) in [5.74, 6) is 0. The van der Waals surface area contributed by atoms with Gasteiger partial charge >= 0.3 is 0 Å². The largest absolute Gasteiger partial charge is 0.385 e. The van der Waals surface area contributed by atoms with Crippen LogP contribution in [0.25, 0.3) is 0 Å². The molecule has 0 aromatic carbocycles. The fourth-order valence-corrected chi connectivity index (χ4v) is 0.619. The summed E-state index contributed by atoms with van der Waals surface area (Å²) in [4.78, 5) is 7.51. The summed E-state index contributed by atoms with van der Waals surface area (Å²) >= 11 is 0. The van der Waals surface area contributed by atoms with Crippen LogP contribution in [0.4, 0.5) is 0 Å². The standard InChI is InChI=1S/C6H9N3O/c7-3-6(10)5-1-2-8-4-9-5/h1-2,4,6,10H,3,7H2/t6-/m0/s1. The van der Waals surface area contributed by atoms with Gasteiger partial charge in [-0.2, -0.15) is 0 Å². The molecule has 4 nitrogen and oxygen atoms in total. The zero-order chi connectivity index (χ0) is 7.40. The molecule has 0 aliphatic heterocycles. The highest BCUT2D eigenvalue weighted by molar-refractivity contribution is 5.01. The van der Waals surface area contributed by atoms with Crippen LogP contribution in [-0.2, 0) is 0 Å². The van der Waals surface area contributed by atoms with E-state index in [4.69, 9.17) is 10.8 Å². The molecule has 1 heterocycles. The van der Waals surface area contributed by atoms with E-state index in [9.17, 15) is 0 Å². The first-order valence-electron chi connectivity index (χ1n) is 2.98. The van der Waals surface area contributed by atoms with E-state index in [1.54, 1.807) is 12.3 Å². The number of hydrogen-bond acceptors (Lipinski definition) is 4. The molecule has 1 rings (SSSR count). The molecule has 0 aliphatic rings. The Morgan fingerprint density at radius 3 is 3.00 bits per heavy atom. The SMILES string of the molecule is NC[C@H](O)c1ccncn1. The van der Waals surface area contributed by atoms with E-state index in [2.05, 4.69) is 9.97 Å². The molecule has 54 valence electrons. The summed E-state index contributed by atoms with van der Waals surface area (Å²) in [7, 11) is 0. The molecule has 1 aromatic rings. The number of nitrogens with zero attached hydrogens (tertiary/aromatic N) is 2. The Kier molecular flexibility index (Phi) is 2.30. The first kappa shape index (κ1) is 7.11. The maximum atomic E-state index is 9.11. The van der Waals surface area contributed by atoms with E-state index < -0.39 is 6.10 Å². The van der Waals surface area contributed by atoms with Crippen molar-refractivity contribution in [3.05, 3.63) is 24.3 Å². The zero-order valence-corrected chi connectivity index (χ0v) is 5.44. The minimum Gasteiger partial charge on any atom is -0.385 e. The number of nitrogens with two attached hydrogens (primary N) is 1. The Balaban J connectivity index is 2.75. The van der Waals surface area contributed by atoms with Crippen molar-refractivity contribution in [1.29, 1.82) is 0 Å². The number of aliphatic hydroxyl groups is 1. The van der Waals surface area contributed by atoms with E-state index in [1.807, 2.05) is 0 Å². The Morgan fingerprint density at radius 1 is 1.70 bits per heavy atom. The molecule has 3 N–H and O–H groups in total. The van der Waals surface area contributed by atoms with Crippen LogP contribution in [0.5, 0.6) is 0 Å². The van der Waals surface area contributed by atoms with Gasteiger partial charge in [0.25, 0.3) is 0 Å². The smallest absolute Gasteiger partial charge is 0.115 e. The topological polar surface area (TPSA) is 72.0 Å². The fourth-order valence-electron chi connectivity index (χ4n) is 0.619. The second-order valence-electron chi connectivity index (χ2n) is 1.89.